The van der Waals surface area contributed by atoms with E-state index in [9.17, 15) is 13.6 Å². The number of rotatable bonds is 3. The third-order valence-corrected chi connectivity index (χ3v) is 2.02. The Morgan fingerprint density at radius 1 is 1.47 bits per heavy atom. The summed E-state index contributed by atoms with van der Waals surface area (Å²) >= 11 is 0. The molecule has 82 valence electrons. The molecule has 15 heavy (non-hydrogen) atoms. The second kappa shape index (κ2) is 3.82. The van der Waals surface area contributed by atoms with Crippen LogP contribution in [0.3, 0.4) is 0 Å². The van der Waals surface area contributed by atoms with Gasteiger partial charge in [0.2, 0.25) is 5.54 Å². The fourth-order valence-electron chi connectivity index (χ4n) is 1.11. The van der Waals surface area contributed by atoms with E-state index in [0.717, 1.165) is 12.1 Å². The van der Waals surface area contributed by atoms with Crippen molar-refractivity contribution in [3.05, 3.63) is 29.8 Å². The topological polar surface area (TPSA) is 83.6 Å². The quantitative estimate of drug-likeness (QED) is 0.702. The fourth-order valence-corrected chi connectivity index (χ4v) is 1.11. The number of carbonyl (C=O) groups is 1. The maximum absolute atomic E-state index is 12.6. The van der Waals surface area contributed by atoms with Crippen molar-refractivity contribution in [1.29, 1.82) is 0 Å². The van der Waals surface area contributed by atoms with Gasteiger partial charge < -0.3 is 15.9 Å². The van der Waals surface area contributed by atoms with Gasteiger partial charge in [-0.2, -0.15) is 0 Å². The summed E-state index contributed by atoms with van der Waals surface area (Å²) in [5.41, 5.74) is 1.98. The molecule has 0 aliphatic carbocycles. The van der Waals surface area contributed by atoms with Gasteiger partial charge in [0.25, 0.3) is 6.43 Å². The van der Waals surface area contributed by atoms with Crippen molar-refractivity contribution < 1.29 is 23.8 Å². The number of nitrogens with two attached hydrogens (primary N) is 1. The molecule has 4 nitrogen and oxygen atoms in total. The van der Waals surface area contributed by atoms with Gasteiger partial charge in [0, 0.05) is 0 Å². The van der Waals surface area contributed by atoms with Crippen molar-refractivity contribution in [3.8, 4) is 5.75 Å². The van der Waals surface area contributed by atoms with Crippen LogP contribution in [0, 0.1) is 0 Å². The second-order valence-electron chi connectivity index (χ2n) is 3.03. The number of hydrogen-bond donors (Lipinski definition) is 3. The molecule has 0 fully saturated rings. The Bertz CT molecular complexity index is 383. The van der Waals surface area contributed by atoms with E-state index in [1.807, 2.05) is 0 Å². The summed E-state index contributed by atoms with van der Waals surface area (Å²) < 4.78 is 25.1. The van der Waals surface area contributed by atoms with E-state index in [1.54, 1.807) is 0 Å². The highest BCUT2D eigenvalue weighted by Crippen LogP contribution is 2.28. The van der Waals surface area contributed by atoms with Crippen LogP contribution in [-0.4, -0.2) is 22.6 Å². The van der Waals surface area contributed by atoms with Gasteiger partial charge in [0.15, 0.2) is 0 Å². The first-order valence-electron chi connectivity index (χ1n) is 3.99. The van der Waals surface area contributed by atoms with Crippen molar-refractivity contribution in [2.75, 3.05) is 0 Å². The van der Waals surface area contributed by atoms with E-state index in [0.29, 0.717) is 0 Å². The van der Waals surface area contributed by atoms with Gasteiger partial charge in [0.1, 0.15) is 5.75 Å². The standard InChI is InChI=1S/C9H9F2NO3/c10-7(11)9(12,8(14)15)5-2-1-3-6(13)4-5/h1-4,7,13H,12H2,(H,14,15). The zero-order valence-electron chi connectivity index (χ0n) is 7.52. The van der Waals surface area contributed by atoms with Gasteiger partial charge in [-0.25, -0.2) is 13.6 Å². The van der Waals surface area contributed by atoms with Crippen molar-refractivity contribution in [2.45, 2.75) is 12.0 Å². The number of hydrogen-bond acceptors (Lipinski definition) is 3. The van der Waals surface area contributed by atoms with Crippen LogP contribution >= 0.6 is 0 Å². The van der Waals surface area contributed by atoms with Crippen molar-refractivity contribution in [1.82, 2.24) is 0 Å². The largest absolute Gasteiger partial charge is 0.508 e. The molecule has 0 aliphatic heterocycles. The zero-order valence-corrected chi connectivity index (χ0v) is 7.52. The molecular formula is C9H9F2NO3. The lowest BCUT2D eigenvalue weighted by atomic mass is 9.91. The van der Waals surface area contributed by atoms with Crippen LogP contribution < -0.4 is 5.73 Å². The van der Waals surface area contributed by atoms with Gasteiger partial charge in [-0.1, -0.05) is 12.1 Å². The highest BCUT2D eigenvalue weighted by atomic mass is 19.3. The number of phenolic OH excluding ortho intramolecular Hbond substituents is 1. The van der Waals surface area contributed by atoms with Crippen molar-refractivity contribution in [2.24, 2.45) is 5.73 Å². The van der Waals surface area contributed by atoms with E-state index >= 15 is 0 Å². The SMILES string of the molecule is NC(C(=O)O)(c1cccc(O)c1)C(F)F. The molecule has 1 rings (SSSR count). The van der Waals surface area contributed by atoms with E-state index in [4.69, 9.17) is 15.9 Å². The molecule has 0 bridgehead atoms. The van der Waals surface area contributed by atoms with Gasteiger partial charge >= 0.3 is 5.97 Å². The number of phenols is 1. The molecule has 0 heterocycles. The molecule has 1 aromatic carbocycles. The molecule has 1 unspecified atom stereocenters. The molecule has 0 radical (unpaired) electrons. The molecule has 1 atom stereocenters. The number of aliphatic carboxylic acids is 1. The maximum atomic E-state index is 12.6. The second-order valence-corrected chi connectivity index (χ2v) is 3.03. The average Bonchev–Trinajstić information content (AvgIpc) is 2.15. The first kappa shape index (κ1) is 11.4. The summed E-state index contributed by atoms with van der Waals surface area (Å²) in [6, 6.07) is 4.51. The molecule has 0 aliphatic rings. The third-order valence-electron chi connectivity index (χ3n) is 2.02. The Morgan fingerprint density at radius 3 is 2.47 bits per heavy atom. The first-order chi connectivity index (χ1) is 6.89. The fraction of sp³-hybridized carbons (Fsp3) is 0.222. The lowest BCUT2D eigenvalue weighted by Crippen LogP contribution is -2.51. The van der Waals surface area contributed by atoms with E-state index in [-0.39, 0.29) is 11.3 Å². The van der Waals surface area contributed by atoms with Gasteiger partial charge in [0.05, 0.1) is 0 Å². The summed E-state index contributed by atoms with van der Waals surface area (Å²) in [6.45, 7) is 0. The van der Waals surface area contributed by atoms with Crippen LogP contribution in [-0.2, 0) is 10.3 Å². The smallest absolute Gasteiger partial charge is 0.334 e. The molecule has 6 heteroatoms. The Balaban J connectivity index is 3.28. The van der Waals surface area contributed by atoms with Crippen LogP contribution in [0.1, 0.15) is 5.56 Å². The number of alkyl halides is 2. The maximum Gasteiger partial charge on any atom is 0.334 e. The van der Waals surface area contributed by atoms with E-state index in [2.05, 4.69) is 0 Å². The molecule has 0 aromatic heterocycles. The molecule has 0 amide bonds. The van der Waals surface area contributed by atoms with Gasteiger partial charge in [-0.05, 0) is 17.7 Å². The van der Waals surface area contributed by atoms with Gasteiger partial charge in [-0.15, -0.1) is 0 Å². The summed E-state index contributed by atoms with van der Waals surface area (Å²) in [5.74, 6) is -2.16. The van der Waals surface area contributed by atoms with E-state index < -0.39 is 17.9 Å². The lowest BCUT2D eigenvalue weighted by molar-refractivity contribution is -0.150. The van der Waals surface area contributed by atoms with Crippen LogP contribution in [0.25, 0.3) is 0 Å². The number of benzene rings is 1. The summed E-state index contributed by atoms with van der Waals surface area (Å²) in [7, 11) is 0. The summed E-state index contributed by atoms with van der Waals surface area (Å²) in [5, 5.41) is 17.7. The number of aromatic hydroxyl groups is 1. The minimum absolute atomic E-state index is 0.316. The Labute approximate surface area is 83.9 Å². The Kier molecular flexibility index (Phi) is 2.90. The van der Waals surface area contributed by atoms with E-state index in [1.165, 1.54) is 12.1 Å². The predicted molar refractivity (Wildman–Crippen MR) is 47.6 cm³/mol. The van der Waals surface area contributed by atoms with Crippen LogP contribution in [0.2, 0.25) is 0 Å². The monoisotopic (exact) mass is 217 g/mol. The minimum atomic E-state index is -3.27. The summed E-state index contributed by atoms with van der Waals surface area (Å²) in [6.07, 6.45) is -3.27. The van der Waals surface area contributed by atoms with Crippen LogP contribution in [0.15, 0.2) is 24.3 Å². The van der Waals surface area contributed by atoms with Crippen LogP contribution in [0.4, 0.5) is 8.78 Å². The number of carboxylic acid groups (broad SMARTS) is 1. The number of halogens is 2. The van der Waals surface area contributed by atoms with Crippen molar-refractivity contribution >= 4 is 5.97 Å². The molecular weight excluding hydrogens is 208 g/mol. The molecule has 0 spiro atoms. The summed E-state index contributed by atoms with van der Waals surface area (Å²) in [4.78, 5) is 10.7. The minimum Gasteiger partial charge on any atom is -0.508 e. The molecule has 4 N–H and O–H groups in total. The molecule has 0 saturated heterocycles. The Morgan fingerprint density at radius 2 is 2.07 bits per heavy atom. The lowest BCUT2D eigenvalue weighted by Gasteiger charge is -2.24. The Hall–Kier alpha value is -1.69. The predicted octanol–water partition coefficient (Wildman–Crippen LogP) is 0.896. The van der Waals surface area contributed by atoms with Gasteiger partial charge in [-0.3, -0.25) is 0 Å². The highest BCUT2D eigenvalue weighted by Gasteiger charge is 2.45. The molecule has 1 aromatic rings. The zero-order chi connectivity index (χ0) is 11.6. The molecule has 0 saturated carbocycles. The first-order valence-corrected chi connectivity index (χ1v) is 3.99. The number of carboxylic acids is 1. The third kappa shape index (κ3) is 1.89. The average molecular weight is 217 g/mol. The highest BCUT2D eigenvalue weighted by molar-refractivity contribution is 5.81. The van der Waals surface area contributed by atoms with Crippen LogP contribution in [0.5, 0.6) is 5.75 Å². The normalized spacial score (nSPS) is 14.9. The van der Waals surface area contributed by atoms with Crippen molar-refractivity contribution in [3.63, 3.8) is 0 Å².